The topological polar surface area (TPSA) is 38.3 Å². The summed E-state index contributed by atoms with van der Waals surface area (Å²) in [5, 5.41) is 2.82. The van der Waals surface area contributed by atoms with Gasteiger partial charge in [-0.3, -0.25) is 4.79 Å². The summed E-state index contributed by atoms with van der Waals surface area (Å²) in [6.07, 6.45) is 0.881. The minimum Gasteiger partial charge on any atom is -0.385 e. The quantitative estimate of drug-likeness (QED) is 0.646. The number of thioether (sulfide) groups is 1. The highest BCUT2D eigenvalue weighted by molar-refractivity contribution is 8.13. The maximum Gasteiger partial charge on any atom is 0.279 e. The van der Waals surface area contributed by atoms with Gasteiger partial charge >= 0.3 is 0 Å². The lowest BCUT2D eigenvalue weighted by Gasteiger charge is -2.01. The highest BCUT2D eigenvalue weighted by atomic mass is 32.2. The SMILES string of the molecule is CCSC(=O)NCCCOC. The number of ether oxygens (including phenoxy) is 1. The standard InChI is InChI=1S/C7H15NO2S/c1-3-11-7(9)8-5-4-6-10-2/h3-6H2,1-2H3,(H,8,9). The number of rotatable bonds is 5. The predicted octanol–water partition coefficient (Wildman–Crippen LogP) is 1.49. The van der Waals surface area contributed by atoms with E-state index in [9.17, 15) is 4.79 Å². The minimum absolute atomic E-state index is 0.0589. The van der Waals surface area contributed by atoms with E-state index in [2.05, 4.69) is 5.32 Å². The Labute approximate surface area is 71.9 Å². The summed E-state index contributed by atoms with van der Waals surface area (Å²) in [5.74, 6) is 0.829. The van der Waals surface area contributed by atoms with E-state index in [1.807, 2.05) is 6.92 Å². The van der Waals surface area contributed by atoms with Crippen LogP contribution >= 0.6 is 11.8 Å². The molecule has 0 bridgehead atoms. The average molecular weight is 177 g/mol. The van der Waals surface area contributed by atoms with Gasteiger partial charge in [0.05, 0.1) is 0 Å². The van der Waals surface area contributed by atoms with Crippen molar-refractivity contribution in [3.63, 3.8) is 0 Å². The first kappa shape index (κ1) is 10.8. The van der Waals surface area contributed by atoms with Gasteiger partial charge in [-0.1, -0.05) is 18.7 Å². The van der Waals surface area contributed by atoms with Crippen LogP contribution in [0.5, 0.6) is 0 Å². The molecule has 0 saturated carbocycles. The second kappa shape index (κ2) is 7.88. The second-order valence-electron chi connectivity index (χ2n) is 1.99. The highest BCUT2D eigenvalue weighted by Crippen LogP contribution is 1.98. The fraction of sp³-hybridized carbons (Fsp3) is 0.857. The largest absolute Gasteiger partial charge is 0.385 e. The van der Waals surface area contributed by atoms with E-state index in [1.165, 1.54) is 11.8 Å². The Balaban J connectivity index is 3.04. The zero-order valence-electron chi connectivity index (χ0n) is 7.05. The van der Waals surface area contributed by atoms with Gasteiger partial charge in [0.25, 0.3) is 5.24 Å². The zero-order chi connectivity index (χ0) is 8.53. The molecule has 0 spiro atoms. The van der Waals surface area contributed by atoms with Crippen molar-refractivity contribution >= 4 is 17.0 Å². The molecule has 0 aromatic carbocycles. The molecule has 0 fully saturated rings. The van der Waals surface area contributed by atoms with Gasteiger partial charge in [0.1, 0.15) is 0 Å². The smallest absolute Gasteiger partial charge is 0.279 e. The first-order valence-electron chi connectivity index (χ1n) is 3.70. The summed E-state index contributed by atoms with van der Waals surface area (Å²) < 4.78 is 4.83. The molecule has 0 atom stereocenters. The molecule has 0 rings (SSSR count). The lowest BCUT2D eigenvalue weighted by atomic mass is 10.4. The predicted molar refractivity (Wildman–Crippen MR) is 48.0 cm³/mol. The van der Waals surface area contributed by atoms with E-state index in [-0.39, 0.29) is 5.24 Å². The number of hydrogen-bond acceptors (Lipinski definition) is 3. The Kier molecular flexibility index (Phi) is 7.72. The number of hydrogen-bond donors (Lipinski definition) is 1. The van der Waals surface area contributed by atoms with Crippen LogP contribution in [0.3, 0.4) is 0 Å². The van der Waals surface area contributed by atoms with E-state index in [0.717, 1.165) is 12.2 Å². The first-order chi connectivity index (χ1) is 5.31. The second-order valence-corrected chi connectivity index (χ2v) is 3.23. The number of amides is 1. The number of carbonyl (C=O) groups excluding carboxylic acids is 1. The van der Waals surface area contributed by atoms with Crippen molar-refractivity contribution < 1.29 is 9.53 Å². The van der Waals surface area contributed by atoms with Crippen LogP contribution in [0.2, 0.25) is 0 Å². The third kappa shape index (κ3) is 7.68. The Hall–Kier alpha value is -0.220. The molecule has 66 valence electrons. The van der Waals surface area contributed by atoms with E-state index in [1.54, 1.807) is 7.11 Å². The van der Waals surface area contributed by atoms with E-state index in [0.29, 0.717) is 13.2 Å². The molecule has 1 N–H and O–H groups in total. The van der Waals surface area contributed by atoms with Gasteiger partial charge in [0.2, 0.25) is 0 Å². The average Bonchev–Trinajstić information content (AvgIpc) is 1.99. The van der Waals surface area contributed by atoms with Gasteiger partial charge in [0.15, 0.2) is 0 Å². The Morgan fingerprint density at radius 1 is 1.64 bits per heavy atom. The number of nitrogens with one attached hydrogen (secondary N) is 1. The van der Waals surface area contributed by atoms with E-state index >= 15 is 0 Å². The third-order valence-electron chi connectivity index (χ3n) is 1.07. The van der Waals surface area contributed by atoms with Gasteiger partial charge in [-0.2, -0.15) is 0 Å². The summed E-state index contributed by atoms with van der Waals surface area (Å²) in [6, 6.07) is 0. The summed E-state index contributed by atoms with van der Waals surface area (Å²) in [4.78, 5) is 10.8. The Morgan fingerprint density at radius 3 is 2.91 bits per heavy atom. The summed E-state index contributed by atoms with van der Waals surface area (Å²) in [6.45, 7) is 3.37. The fourth-order valence-corrected chi connectivity index (χ4v) is 1.06. The summed E-state index contributed by atoms with van der Waals surface area (Å²) >= 11 is 1.30. The van der Waals surface area contributed by atoms with Gasteiger partial charge in [-0.05, 0) is 12.2 Å². The molecule has 0 heterocycles. The van der Waals surface area contributed by atoms with Crippen molar-refractivity contribution in [2.45, 2.75) is 13.3 Å². The first-order valence-corrected chi connectivity index (χ1v) is 4.69. The molecule has 0 aliphatic carbocycles. The molecule has 3 nitrogen and oxygen atoms in total. The van der Waals surface area contributed by atoms with Crippen LogP contribution in [0.4, 0.5) is 4.79 Å². The molecule has 0 unspecified atom stereocenters. The molecule has 0 aliphatic heterocycles. The van der Waals surface area contributed by atoms with Crippen LogP contribution in [0.25, 0.3) is 0 Å². The van der Waals surface area contributed by atoms with Crippen LogP contribution in [-0.4, -0.2) is 31.3 Å². The summed E-state index contributed by atoms with van der Waals surface area (Å²) in [7, 11) is 1.66. The lowest BCUT2D eigenvalue weighted by Crippen LogP contribution is -2.20. The molecule has 0 radical (unpaired) electrons. The maximum atomic E-state index is 10.8. The van der Waals surface area contributed by atoms with Gasteiger partial charge in [-0.15, -0.1) is 0 Å². The third-order valence-corrected chi connectivity index (χ3v) is 1.77. The van der Waals surface area contributed by atoms with Crippen molar-refractivity contribution in [3.8, 4) is 0 Å². The van der Waals surface area contributed by atoms with Crippen molar-refractivity contribution in [3.05, 3.63) is 0 Å². The van der Waals surface area contributed by atoms with Gasteiger partial charge in [0, 0.05) is 20.3 Å². The molecule has 0 aliphatic rings. The Bertz CT molecular complexity index is 109. The van der Waals surface area contributed by atoms with Crippen LogP contribution in [0, 0.1) is 0 Å². The van der Waals surface area contributed by atoms with Crippen molar-refractivity contribution in [2.24, 2.45) is 0 Å². The normalized spacial score (nSPS) is 9.64. The molecule has 1 amide bonds. The summed E-state index contributed by atoms with van der Waals surface area (Å²) in [5.41, 5.74) is 0. The molecular formula is C7H15NO2S. The van der Waals surface area contributed by atoms with Crippen molar-refractivity contribution in [1.29, 1.82) is 0 Å². The van der Waals surface area contributed by atoms with Gasteiger partial charge in [-0.25, -0.2) is 0 Å². The lowest BCUT2D eigenvalue weighted by molar-refractivity contribution is 0.194. The molecule has 0 aromatic heterocycles. The van der Waals surface area contributed by atoms with E-state index < -0.39 is 0 Å². The molecule has 4 heteroatoms. The fourth-order valence-electron chi connectivity index (χ4n) is 0.589. The molecular weight excluding hydrogens is 162 g/mol. The highest BCUT2D eigenvalue weighted by Gasteiger charge is 1.96. The van der Waals surface area contributed by atoms with Crippen LogP contribution in [0.15, 0.2) is 0 Å². The zero-order valence-corrected chi connectivity index (χ0v) is 7.87. The number of carbonyl (C=O) groups is 1. The molecule has 11 heavy (non-hydrogen) atoms. The molecule has 0 saturated heterocycles. The molecule has 0 aromatic rings. The van der Waals surface area contributed by atoms with Crippen LogP contribution in [0.1, 0.15) is 13.3 Å². The Morgan fingerprint density at radius 2 is 2.36 bits per heavy atom. The maximum absolute atomic E-state index is 10.8. The van der Waals surface area contributed by atoms with Crippen molar-refractivity contribution in [2.75, 3.05) is 26.0 Å². The van der Waals surface area contributed by atoms with Crippen LogP contribution in [-0.2, 0) is 4.74 Å². The minimum atomic E-state index is 0.0589. The van der Waals surface area contributed by atoms with Crippen molar-refractivity contribution in [1.82, 2.24) is 5.32 Å². The van der Waals surface area contributed by atoms with Crippen LogP contribution < -0.4 is 5.32 Å². The van der Waals surface area contributed by atoms with Gasteiger partial charge < -0.3 is 10.1 Å². The number of methoxy groups -OCH3 is 1. The van der Waals surface area contributed by atoms with E-state index in [4.69, 9.17) is 4.74 Å². The monoisotopic (exact) mass is 177 g/mol.